The standard InChI is InChI=1S/C19H25NO/c1-13-7-6-8-14(2)17(13)12-18(20-4)16-10-9-15(3)19(11-16)21-5/h6-11,18,20H,12H2,1-5H3. The van der Waals surface area contributed by atoms with Crippen molar-refractivity contribution in [1.29, 1.82) is 0 Å². The zero-order valence-electron chi connectivity index (χ0n) is 13.7. The first-order chi connectivity index (χ1) is 10.1. The van der Waals surface area contributed by atoms with E-state index in [1.54, 1.807) is 7.11 Å². The minimum atomic E-state index is 0.291. The van der Waals surface area contributed by atoms with Crippen molar-refractivity contribution in [2.24, 2.45) is 0 Å². The molecule has 2 nitrogen and oxygen atoms in total. The van der Waals surface area contributed by atoms with E-state index in [1.165, 1.54) is 27.8 Å². The molecule has 21 heavy (non-hydrogen) atoms. The van der Waals surface area contributed by atoms with Crippen LogP contribution in [0.2, 0.25) is 0 Å². The molecule has 0 aliphatic carbocycles. The smallest absolute Gasteiger partial charge is 0.122 e. The van der Waals surface area contributed by atoms with Crippen LogP contribution >= 0.6 is 0 Å². The predicted molar refractivity (Wildman–Crippen MR) is 89.2 cm³/mol. The van der Waals surface area contributed by atoms with Crippen molar-refractivity contribution in [3.8, 4) is 5.75 Å². The van der Waals surface area contributed by atoms with Crippen LogP contribution in [0.3, 0.4) is 0 Å². The summed E-state index contributed by atoms with van der Waals surface area (Å²) in [5, 5.41) is 3.44. The maximum atomic E-state index is 5.45. The molecule has 0 heterocycles. The number of ether oxygens (including phenoxy) is 1. The second-order valence-electron chi connectivity index (χ2n) is 5.64. The molecule has 0 amide bonds. The molecule has 112 valence electrons. The van der Waals surface area contributed by atoms with Crippen molar-refractivity contribution in [2.75, 3.05) is 14.2 Å². The highest BCUT2D eigenvalue weighted by atomic mass is 16.5. The molecule has 1 unspecified atom stereocenters. The Morgan fingerprint density at radius 1 is 1.00 bits per heavy atom. The lowest BCUT2D eigenvalue weighted by atomic mass is 9.92. The lowest BCUT2D eigenvalue weighted by molar-refractivity contribution is 0.410. The topological polar surface area (TPSA) is 21.3 Å². The van der Waals surface area contributed by atoms with E-state index in [-0.39, 0.29) is 0 Å². The Hall–Kier alpha value is -1.80. The molecule has 0 aromatic heterocycles. The van der Waals surface area contributed by atoms with Crippen LogP contribution in [0.4, 0.5) is 0 Å². The van der Waals surface area contributed by atoms with Crippen LogP contribution in [-0.4, -0.2) is 14.2 Å². The molecule has 1 atom stereocenters. The van der Waals surface area contributed by atoms with Crippen molar-refractivity contribution in [3.63, 3.8) is 0 Å². The van der Waals surface area contributed by atoms with E-state index in [0.717, 1.165) is 12.2 Å². The first-order valence-electron chi connectivity index (χ1n) is 7.43. The van der Waals surface area contributed by atoms with Crippen LogP contribution < -0.4 is 10.1 Å². The van der Waals surface area contributed by atoms with Gasteiger partial charge in [0.25, 0.3) is 0 Å². The Morgan fingerprint density at radius 2 is 1.67 bits per heavy atom. The molecule has 2 rings (SSSR count). The maximum absolute atomic E-state index is 5.45. The normalized spacial score (nSPS) is 12.2. The van der Waals surface area contributed by atoms with Gasteiger partial charge >= 0.3 is 0 Å². The minimum absolute atomic E-state index is 0.291. The van der Waals surface area contributed by atoms with E-state index in [4.69, 9.17) is 4.74 Å². The summed E-state index contributed by atoms with van der Waals surface area (Å²) >= 11 is 0. The molecule has 2 aromatic rings. The zero-order valence-corrected chi connectivity index (χ0v) is 13.7. The monoisotopic (exact) mass is 283 g/mol. The second-order valence-corrected chi connectivity index (χ2v) is 5.64. The number of methoxy groups -OCH3 is 1. The maximum Gasteiger partial charge on any atom is 0.122 e. The van der Waals surface area contributed by atoms with Gasteiger partial charge in [0.1, 0.15) is 5.75 Å². The van der Waals surface area contributed by atoms with Crippen LogP contribution in [0.1, 0.15) is 33.9 Å². The van der Waals surface area contributed by atoms with Gasteiger partial charge in [0.2, 0.25) is 0 Å². The van der Waals surface area contributed by atoms with Crippen LogP contribution in [0, 0.1) is 20.8 Å². The van der Waals surface area contributed by atoms with E-state index in [1.807, 2.05) is 7.05 Å². The van der Waals surface area contributed by atoms with Gasteiger partial charge in [-0.3, -0.25) is 0 Å². The number of hydrogen-bond donors (Lipinski definition) is 1. The SMILES string of the molecule is CNC(Cc1c(C)cccc1C)c1ccc(C)c(OC)c1. The number of likely N-dealkylation sites (N-methyl/N-ethyl adjacent to an activating group) is 1. The molecule has 0 aliphatic rings. The molecule has 2 heteroatoms. The van der Waals surface area contributed by atoms with Gasteiger partial charge in [0, 0.05) is 6.04 Å². The summed E-state index contributed by atoms with van der Waals surface area (Å²) in [4.78, 5) is 0. The van der Waals surface area contributed by atoms with Crippen LogP contribution in [-0.2, 0) is 6.42 Å². The number of nitrogens with one attached hydrogen (secondary N) is 1. The fourth-order valence-corrected chi connectivity index (χ4v) is 2.81. The summed E-state index contributed by atoms with van der Waals surface area (Å²) in [6.45, 7) is 6.44. The minimum Gasteiger partial charge on any atom is -0.496 e. The highest BCUT2D eigenvalue weighted by Gasteiger charge is 2.14. The summed E-state index contributed by atoms with van der Waals surface area (Å²) in [5.74, 6) is 0.953. The van der Waals surface area contributed by atoms with Crippen molar-refractivity contribution in [1.82, 2.24) is 5.32 Å². The average Bonchev–Trinajstić information content (AvgIpc) is 2.48. The first-order valence-corrected chi connectivity index (χ1v) is 7.43. The molecule has 0 aliphatic heterocycles. The van der Waals surface area contributed by atoms with Crippen LogP contribution in [0.25, 0.3) is 0 Å². The molecule has 0 saturated heterocycles. The molecule has 0 fully saturated rings. The third-order valence-corrected chi connectivity index (χ3v) is 4.24. The Morgan fingerprint density at radius 3 is 2.24 bits per heavy atom. The lowest BCUT2D eigenvalue weighted by Crippen LogP contribution is -2.20. The third kappa shape index (κ3) is 3.45. The van der Waals surface area contributed by atoms with Crippen molar-refractivity contribution >= 4 is 0 Å². The van der Waals surface area contributed by atoms with E-state index >= 15 is 0 Å². The number of hydrogen-bond acceptors (Lipinski definition) is 2. The molecule has 0 saturated carbocycles. The summed E-state index contributed by atoms with van der Waals surface area (Å²) < 4.78 is 5.45. The lowest BCUT2D eigenvalue weighted by Gasteiger charge is -2.20. The Bertz CT molecular complexity index is 599. The average molecular weight is 283 g/mol. The molecule has 0 radical (unpaired) electrons. The van der Waals surface area contributed by atoms with E-state index in [2.05, 4.69) is 62.5 Å². The Labute approximate surface area is 128 Å². The van der Waals surface area contributed by atoms with Crippen molar-refractivity contribution in [2.45, 2.75) is 33.2 Å². The first kappa shape index (κ1) is 15.6. The highest BCUT2D eigenvalue weighted by Crippen LogP contribution is 2.27. The molecule has 0 spiro atoms. The van der Waals surface area contributed by atoms with Gasteiger partial charge in [-0.05, 0) is 68.1 Å². The van der Waals surface area contributed by atoms with Crippen molar-refractivity contribution < 1.29 is 4.74 Å². The summed E-state index contributed by atoms with van der Waals surface area (Å²) in [7, 11) is 3.75. The van der Waals surface area contributed by atoms with Gasteiger partial charge in [-0.25, -0.2) is 0 Å². The fourth-order valence-electron chi connectivity index (χ4n) is 2.81. The quantitative estimate of drug-likeness (QED) is 0.891. The van der Waals surface area contributed by atoms with Gasteiger partial charge in [-0.2, -0.15) is 0 Å². The zero-order chi connectivity index (χ0) is 15.4. The van der Waals surface area contributed by atoms with Gasteiger partial charge in [-0.1, -0.05) is 30.3 Å². The van der Waals surface area contributed by atoms with Gasteiger partial charge < -0.3 is 10.1 Å². The van der Waals surface area contributed by atoms with Gasteiger partial charge in [-0.15, -0.1) is 0 Å². The largest absolute Gasteiger partial charge is 0.496 e. The van der Waals surface area contributed by atoms with Crippen molar-refractivity contribution in [3.05, 3.63) is 64.2 Å². The molecular formula is C19H25NO. The summed E-state index contributed by atoms with van der Waals surface area (Å²) in [6, 6.07) is 13.2. The number of rotatable bonds is 5. The molecule has 0 bridgehead atoms. The third-order valence-electron chi connectivity index (χ3n) is 4.24. The van der Waals surface area contributed by atoms with E-state index in [9.17, 15) is 0 Å². The van der Waals surface area contributed by atoms with Crippen LogP contribution in [0.5, 0.6) is 5.75 Å². The van der Waals surface area contributed by atoms with E-state index < -0.39 is 0 Å². The molecular weight excluding hydrogens is 258 g/mol. The van der Waals surface area contributed by atoms with E-state index in [0.29, 0.717) is 6.04 Å². The molecule has 1 N–H and O–H groups in total. The fraction of sp³-hybridized carbons (Fsp3) is 0.368. The Balaban J connectivity index is 2.32. The summed E-state index contributed by atoms with van der Waals surface area (Å²) in [5.41, 5.74) is 6.57. The Kier molecular flexibility index (Phi) is 5.03. The van der Waals surface area contributed by atoms with Crippen LogP contribution in [0.15, 0.2) is 36.4 Å². The summed E-state index contributed by atoms with van der Waals surface area (Å²) in [6.07, 6.45) is 0.987. The van der Waals surface area contributed by atoms with Gasteiger partial charge in [0.05, 0.1) is 7.11 Å². The highest BCUT2D eigenvalue weighted by molar-refractivity contribution is 5.40. The van der Waals surface area contributed by atoms with Gasteiger partial charge in [0.15, 0.2) is 0 Å². The number of aryl methyl sites for hydroxylation is 3. The molecule has 2 aromatic carbocycles. The second kappa shape index (κ2) is 6.77. The number of benzene rings is 2. The predicted octanol–water partition coefficient (Wildman–Crippen LogP) is 4.12.